The average Bonchev–Trinajstić information content (AvgIpc) is 2.04. The third kappa shape index (κ3) is 1.94. The molecule has 0 saturated carbocycles. The van der Waals surface area contributed by atoms with Gasteiger partial charge in [0.15, 0.2) is 0 Å². The van der Waals surface area contributed by atoms with Crippen molar-refractivity contribution in [2.45, 2.75) is 6.61 Å². The number of aliphatic hydroxyl groups excluding tert-OH is 1. The average molecular weight is 221 g/mol. The standard InChI is InChI=1S/C8H6Cl2O3/c9-6-2-1-4(8(12)13)7(10)5(6)3-11/h1-2,11H,3H2,(H,12,13). The van der Waals surface area contributed by atoms with E-state index in [1.807, 2.05) is 0 Å². The molecule has 0 atom stereocenters. The van der Waals surface area contributed by atoms with Crippen molar-refractivity contribution in [2.75, 3.05) is 0 Å². The number of aromatic carboxylic acids is 1. The molecule has 2 N–H and O–H groups in total. The van der Waals surface area contributed by atoms with Crippen LogP contribution in [0, 0.1) is 0 Å². The lowest BCUT2D eigenvalue weighted by atomic mass is 10.1. The smallest absolute Gasteiger partial charge is 0.337 e. The molecule has 0 fully saturated rings. The van der Waals surface area contributed by atoms with E-state index >= 15 is 0 Å². The molecule has 1 rings (SSSR count). The first-order valence-electron chi connectivity index (χ1n) is 3.39. The molecule has 0 bridgehead atoms. The number of carboxylic acid groups (broad SMARTS) is 1. The van der Waals surface area contributed by atoms with Crippen LogP contribution in [-0.2, 0) is 6.61 Å². The molecule has 13 heavy (non-hydrogen) atoms. The highest BCUT2D eigenvalue weighted by molar-refractivity contribution is 6.37. The van der Waals surface area contributed by atoms with Crippen molar-refractivity contribution in [1.29, 1.82) is 0 Å². The van der Waals surface area contributed by atoms with Crippen molar-refractivity contribution >= 4 is 29.2 Å². The third-order valence-electron chi connectivity index (χ3n) is 1.57. The summed E-state index contributed by atoms with van der Waals surface area (Å²) >= 11 is 11.4. The minimum absolute atomic E-state index is 0.0116. The number of hydrogen-bond donors (Lipinski definition) is 2. The number of aliphatic hydroxyl groups is 1. The Labute approximate surface area is 84.5 Å². The van der Waals surface area contributed by atoms with Gasteiger partial charge in [0.25, 0.3) is 0 Å². The van der Waals surface area contributed by atoms with Crippen LogP contribution >= 0.6 is 23.2 Å². The topological polar surface area (TPSA) is 57.5 Å². The fourth-order valence-corrected chi connectivity index (χ4v) is 1.48. The van der Waals surface area contributed by atoms with Gasteiger partial charge in [-0.1, -0.05) is 23.2 Å². The van der Waals surface area contributed by atoms with Gasteiger partial charge in [0.2, 0.25) is 0 Å². The van der Waals surface area contributed by atoms with Crippen molar-refractivity contribution in [2.24, 2.45) is 0 Å². The van der Waals surface area contributed by atoms with Gasteiger partial charge >= 0.3 is 5.97 Å². The zero-order valence-electron chi connectivity index (χ0n) is 6.42. The normalized spacial score (nSPS) is 10.1. The molecule has 0 aliphatic carbocycles. The fraction of sp³-hybridized carbons (Fsp3) is 0.125. The van der Waals surface area contributed by atoms with E-state index in [1.165, 1.54) is 12.1 Å². The van der Waals surface area contributed by atoms with E-state index in [4.69, 9.17) is 33.4 Å². The summed E-state index contributed by atoms with van der Waals surface area (Å²) in [6.07, 6.45) is 0. The van der Waals surface area contributed by atoms with Gasteiger partial charge in [-0.25, -0.2) is 4.79 Å². The number of benzene rings is 1. The third-order valence-corrected chi connectivity index (χ3v) is 2.36. The van der Waals surface area contributed by atoms with E-state index in [1.54, 1.807) is 0 Å². The summed E-state index contributed by atoms with van der Waals surface area (Å²) < 4.78 is 0. The zero-order chi connectivity index (χ0) is 10.0. The number of rotatable bonds is 2. The van der Waals surface area contributed by atoms with Crippen molar-refractivity contribution in [3.63, 3.8) is 0 Å². The maximum absolute atomic E-state index is 10.6. The summed E-state index contributed by atoms with van der Waals surface area (Å²) in [5.74, 6) is -1.14. The molecule has 1 aromatic carbocycles. The second-order valence-electron chi connectivity index (χ2n) is 2.35. The summed E-state index contributed by atoms with van der Waals surface area (Å²) in [6, 6.07) is 2.69. The first-order valence-corrected chi connectivity index (χ1v) is 4.14. The van der Waals surface area contributed by atoms with Crippen LogP contribution in [0.3, 0.4) is 0 Å². The predicted molar refractivity (Wildman–Crippen MR) is 49.3 cm³/mol. The van der Waals surface area contributed by atoms with Gasteiger partial charge < -0.3 is 10.2 Å². The first-order chi connectivity index (χ1) is 6.07. The van der Waals surface area contributed by atoms with E-state index in [0.29, 0.717) is 0 Å². The van der Waals surface area contributed by atoms with Gasteiger partial charge in [0, 0.05) is 10.6 Å². The molecule has 1 aromatic rings. The highest BCUT2D eigenvalue weighted by Gasteiger charge is 2.14. The zero-order valence-corrected chi connectivity index (χ0v) is 7.93. The van der Waals surface area contributed by atoms with Crippen LogP contribution in [-0.4, -0.2) is 16.2 Å². The van der Waals surface area contributed by atoms with Crippen LogP contribution in [0.1, 0.15) is 15.9 Å². The van der Waals surface area contributed by atoms with E-state index in [0.717, 1.165) is 0 Å². The van der Waals surface area contributed by atoms with E-state index < -0.39 is 5.97 Å². The minimum atomic E-state index is -1.14. The predicted octanol–water partition coefficient (Wildman–Crippen LogP) is 2.18. The summed E-state index contributed by atoms with van der Waals surface area (Å²) in [7, 11) is 0. The molecular weight excluding hydrogens is 215 g/mol. The van der Waals surface area contributed by atoms with E-state index in [-0.39, 0.29) is 27.8 Å². The highest BCUT2D eigenvalue weighted by atomic mass is 35.5. The van der Waals surface area contributed by atoms with Crippen LogP contribution in [0.15, 0.2) is 12.1 Å². The van der Waals surface area contributed by atoms with Gasteiger partial charge in [-0.05, 0) is 12.1 Å². The molecule has 0 aliphatic rings. The Morgan fingerprint density at radius 2 is 2.00 bits per heavy atom. The number of halogens is 2. The monoisotopic (exact) mass is 220 g/mol. The van der Waals surface area contributed by atoms with Gasteiger partial charge in [0.1, 0.15) is 0 Å². The first kappa shape index (κ1) is 10.3. The van der Waals surface area contributed by atoms with Crippen LogP contribution < -0.4 is 0 Å². The van der Waals surface area contributed by atoms with Crippen LogP contribution in [0.4, 0.5) is 0 Å². The van der Waals surface area contributed by atoms with Crippen molar-refractivity contribution in [1.82, 2.24) is 0 Å². The Balaban J connectivity index is 3.35. The molecule has 0 amide bonds. The Hall–Kier alpha value is -0.770. The molecule has 70 valence electrons. The van der Waals surface area contributed by atoms with Crippen LogP contribution in [0.5, 0.6) is 0 Å². The van der Waals surface area contributed by atoms with Crippen molar-refractivity contribution in [3.8, 4) is 0 Å². The van der Waals surface area contributed by atoms with Crippen molar-refractivity contribution in [3.05, 3.63) is 33.3 Å². The lowest BCUT2D eigenvalue weighted by Crippen LogP contribution is -2.00. The molecule has 0 aromatic heterocycles. The Kier molecular flexibility index (Phi) is 3.14. The molecule has 0 saturated heterocycles. The Morgan fingerprint density at radius 3 is 2.46 bits per heavy atom. The Morgan fingerprint density at radius 1 is 1.38 bits per heavy atom. The minimum Gasteiger partial charge on any atom is -0.478 e. The molecular formula is C8H6Cl2O3. The largest absolute Gasteiger partial charge is 0.478 e. The summed E-state index contributed by atoms with van der Waals surface area (Å²) in [4.78, 5) is 10.6. The fourth-order valence-electron chi connectivity index (χ4n) is 0.908. The maximum atomic E-state index is 10.6. The van der Waals surface area contributed by atoms with Crippen molar-refractivity contribution < 1.29 is 15.0 Å². The van der Waals surface area contributed by atoms with Crippen LogP contribution in [0.25, 0.3) is 0 Å². The summed E-state index contributed by atoms with van der Waals surface area (Å²) in [5.41, 5.74) is 0.179. The molecule has 0 spiro atoms. The summed E-state index contributed by atoms with van der Waals surface area (Å²) in [6.45, 7) is -0.376. The van der Waals surface area contributed by atoms with Gasteiger partial charge in [-0.3, -0.25) is 0 Å². The van der Waals surface area contributed by atoms with Crippen LogP contribution in [0.2, 0.25) is 10.0 Å². The summed E-state index contributed by atoms with van der Waals surface area (Å²) in [5, 5.41) is 17.8. The molecule has 0 aliphatic heterocycles. The second-order valence-corrected chi connectivity index (χ2v) is 3.14. The molecule has 5 heteroatoms. The molecule has 0 radical (unpaired) electrons. The molecule has 3 nitrogen and oxygen atoms in total. The Bertz CT molecular complexity index is 349. The van der Waals surface area contributed by atoms with E-state index in [2.05, 4.69) is 0 Å². The van der Waals surface area contributed by atoms with Gasteiger partial charge in [0.05, 0.1) is 17.2 Å². The highest BCUT2D eigenvalue weighted by Crippen LogP contribution is 2.28. The lowest BCUT2D eigenvalue weighted by molar-refractivity contribution is 0.0697. The van der Waals surface area contributed by atoms with E-state index in [9.17, 15) is 4.79 Å². The number of hydrogen-bond acceptors (Lipinski definition) is 2. The molecule has 0 heterocycles. The quantitative estimate of drug-likeness (QED) is 0.804. The number of carbonyl (C=O) groups is 1. The van der Waals surface area contributed by atoms with Gasteiger partial charge in [-0.15, -0.1) is 0 Å². The molecule has 0 unspecified atom stereocenters. The van der Waals surface area contributed by atoms with Gasteiger partial charge in [-0.2, -0.15) is 0 Å². The second kappa shape index (κ2) is 3.96. The SMILES string of the molecule is O=C(O)c1ccc(Cl)c(CO)c1Cl. The number of carboxylic acids is 1. The lowest BCUT2D eigenvalue weighted by Gasteiger charge is -2.05. The maximum Gasteiger partial charge on any atom is 0.337 e.